The summed E-state index contributed by atoms with van der Waals surface area (Å²) < 4.78 is 80.1. The van der Waals surface area contributed by atoms with E-state index in [4.69, 9.17) is 5.11 Å². The van der Waals surface area contributed by atoms with Crippen LogP contribution < -0.4 is 0 Å². The first kappa shape index (κ1) is 17.0. The molecule has 0 rings (SSSR count). The van der Waals surface area contributed by atoms with E-state index in [0.717, 1.165) is 0 Å². The average molecular weight is 284 g/mol. The van der Waals surface area contributed by atoms with Gasteiger partial charge in [-0.25, -0.2) is 4.79 Å². The molecule has 0 aliphatic heterocycles. The quantitative estimate of drug-likeness (QED) is 0.758. The zero-order chi connectivity index (χ0) is 14.6. The Morgan fingerprint density at radius 2 is 1.56 bits per heavy atom. The molecule has 1 unspecified atom stereocenters. The van der Waals surface area contributed by atoms with E-state index in [1.807, 2.05) is 0 Å². The number of carboxylic acid groups (broad SMARTS) is 1. The lowest BCUT2D eigenvalue weighted by molar-refractivity contribution is -0.324. The number of ether oxygens (including phenoxy) is 2. The zero-order valence-corrected chi connectivity index (χ0v) is 9.01. The molecule has 0 aliphatic carbocycles. The number of hydrogen-bond acceptors (Lipinski definition) is 3. The van der Waals surface area contributed by atoms with Crippen LogP contribution in [0.5, 0.6) is 0 Å². The molecule has 0 aromatic rings. The fraction of sp³-hybridized carbons (Fsp3) is 0.875. The number of rotatable bonds is 6. The monoisotopic (exact) mass is 284 g/mol. The van der Waals surface area contributed by atoms with E-state index in [-0.39, 0.29) is 6.61 Å². The van der Waals surface area contributed by atoms with Crippen LogP contribution in [0.1, 0.15) is 6.92 Å². The van der Waals surface area contributed by atoms with Crippen molar-refractivity contribution in [3.05, 3.63) is 0 Å². The molecule has 0 aromatic carbocycles. The van der Waals surface area contributed by atoms with Gasteiger partial charge in [-0.1, -0.05) is 0 Å². The predicted molar refractivity (Wildman–Crippen MR) is 44.9 cm³/mol. The van der Waals surface area contributed by atoms with Gasteiger partial charge in [0.15, 0.2) is 6.10 Å². The second kappa shape index (κ2) is 6.23. The Morgan fingerprint density at radius 3 is 1.83 bits per heavy atom. The fourth-order valence-electron chi connectivity index (χ4n) is 0.950. The van der Waals surface area contributed by atoms with Gasteiger partial charge in [0.1, 0.15) is 0 Å². The van der Waals surface area contributed by atoms with Gasteiger partial charge in [0.2, 0.25) is 6.10 Å². The summed E-state index contributed by atoms with van der Waals surface area (Å²) in [6.45, 7) is -0.211. The van der Waals surface area contributed by atoms with Crippen molar-refractivity contribution in [3.8, 4) is 0 Å². The minimum absolute atomic E-state index is 0.191. The van der Waals surface area contributed by atoms with Crippen molar-refractivity contribution in [1.29, 1.82) is 0 Å². The number of hydrogen-bond donors (Lipinski definition) is 1. The molecule has 108 valence electrons. The van der Waals surface area contributed by atoms with Crippen LogP contribution in [0.3, 0.4) is 0 Å². The van der Waals surface area contributed by atoms with Gasteiger partial charge in [-0.05, 0) is 6.92 Å². The molecule has 0 spiro atoms. The van der Waals surface area contributed by atoms with E-state index >= 15 is 0 Å². The summed E-state index contributed by atoms with van der Waals surface area (Å²) in [4.78, 5) is 10.4. The molecule has 0 saturated heterocycles. The van der Waals surface area contributed by atoms with Gasteiger partial charge in [-0.2, -0.15) is 26.3 Å². The first-order valence-corrected chi connectivity index (χ1v) is 4.59. The fourth-order valence-corrected chi connectivity index (χ4v) is 0.950. The molecule has 0 fully saturated rings. The molecule has 1 N–H and O–H groups in total. The second-order valence-electron chi connectivity index (χ2n) is 3.08. The van der Waals surface area contributed by atoms with Gasteiger partial charge in [0, 0.05) is 6.61 Å². The first-order chi connectivity index (χ1) is 8.00. The Kier molecular flexibility index (Phi) is 5.87. The third-order valence-electron chi connectivity index (χ3n) is 1.65. The minimum Gasteiger partial charge on any atom is -0.479 e. The van der Waals surface area contributed by atoms with Gasteiger partial charge >= 0.3 is 18.3 Å². The molecule has 0 heterocycles. The lowest BCUT2D eigenvalue weighted by atomic mass is 10.3. The SMILES string of the molecule is CCOC(COC(C(F)(F)F)C(F)(F)F)C(=O)O. The molecule has 0 saturated carbocycles. The van der Waals surface area contributed by atoms with E-state index in [0.29, 0.717) is 0 Å². The highest BCUT2D eigenvalue weighted by molar-refractivity contribution is 5.72. The van der Waals surface area contributed by atoms with Crippen molar-refractivity contribution in [1.82, 2.24) is 0 Å². The number of aliphatic carboxylic acids is 1. The van der Waals surface area contributed by atoms with Crippen molar-refractivity contribution in [2.75, 3.05) is 13.2 Å². The zero-order valence-electron chi connectivity index (χ0n) is 9.01. The summed E-state index contributed by atoms with van der Waals surface area (Å²) in [6.07, 6.45) is -17.3. The molecule has 0 bridgehead atoms. The van der Waals surface area contributed by atoms with Gasteiger partial charge in [0.25, 0.3) is 0 Å². The maximum atomic E-state index is 12.0. The van der Waals surface area contributed by atoms with Crippen molar-refractivity contribution in [2.45, 2.75) is 31.5 Å². The number of carboxylic acids is 1. The van der Waals surface area contributed by atoms with Crippen molar-refractivity contribution in [2.24, 2.45) is 0 Å². The normalized spacial score (nSPS) is 14.9. The van der Waals surface area contributed by atoms with Crippen molar-refractivity contribution < 1.29 is 45.7 Å². The first-order valence-electron chi connectivity index (χ1n) is 4.59. The maximum absolute atomic E-state index is 12.0. The topological polar surface area (TPSA) is 55.8 Å². The van der Waals surface area contributed by atoms with Gasteiger partial charge < -0.3 is 14.6 Å². The molecule has 10 heteroatoms. The number of halogens is 6. The Balaban J connectivity index is 4.66. The standard InChI is InChI=1S/C8H10F6O4/c1-2-17-4(5(15)16)3-18-6(7(9,10)11)8(12,13)14/h4,6H,2-3H2,1H3,(H,15,16). The van der Waals surface area contributed by atoms with E-state index < -0.39 is 37.1 Å². The Hall–Kier alpha value is -1.03. The molecule has 1 atom stereocenters. The molecular formula is C8H10F6O4. The van der Waals surface area contributed by atoms with Gasteiger partial charge in [-0.3, -0.25) is 0 Å². The van der Waals surface area contributed by atoms with Crippen LogP contribution in [0, 0.1) is 0 Å². The van der Waals surface area contributed by atoms with Crippen LogP contribution in [0.15, 0.2) is 0 Å². The summed E-state index contributed by atoms with van der Waals surface area (Å²) >= 11 is 0. The van der Waals surface area contributed by atoms with Crippen molar-refractivity contribution in [3.63, 3.8) is 0 Å². The minimum atomic E-state index is -5.67. The molecule has 18 heavy (non-hydrogen) atoms. The summed E-state index contributed by atoms with van der Waals surface area (Å²) in [5.41, 5.74) is 0. The summed E-state index contributed by atoms with van der Waals surface area (Å²) in [6, 6.07) is 0. The lowest BCUT2D eigenvalue weighted by Crippen LogP contribution is -2.46. The molecular weight excluding hydrogens is 274 g/mol. The van der Waals surface area contributed by atoms with Crippen LogP contribution in [0.2, 0.25) is 0 Å². The summed E-state index contributed by atoms with van der Waals surface area (Å²) in [7, 11) is 0. The van der Waals surface area contributed by atoms with Crippen molar-refractivity contribution >= 4 is 5.97 Å². The van der Waals surface area contributed by atoms with Gasteiger partial charge in [-0.15, -0.1) is 0 Å². The highest BCUT2D eigenvalue weighted by Crippen LogP contribution is 2.35. The second-order valence-corrected chi connectivity index (χ2v) is 3.08. The van der Waals surface area contributed by atoms with E-state index in [1.54, 1.807) is 0 Å². The van der Waals surface area contributed by atoms with E-state index in [9.17, 15) is 31.1 Å². The van der Waals surface area contributed by atoms with Crippen LogP contribution >= 0.6 is 0 Å². The molecule has 4 nitrogen and oxygen atoms in total. The van der Waals surface area contributed by atoms with Crippen LogP contribution in [0.4, 0.5) is 26.3 Å². The Bertz CT molecular complexity index is 260. The largest absolute Gasteiger partial charge is 0.479 e. The lowest BCUT2D eigenvalue weighted by Gasteiger charge is -2.24. The maximum Gasteiger partial charge on any atom is 0.423 e. The van der Waals surface area contributed by atoms with E-state index in [1.165, 1.54) is 6.92 Å². The number of carbonyl (C=O) groups is 1. The van der Waals surface area contributed by atoms with E-state index in [2.05, 4.69) is 9.47 Å². The predicted octanol–water partition coefficient (Wildman–Crippen LogP) is 1.99. The van der Waals surface area contributed by atoms with Crippen LogP contribution in [0.25, 0.3) is 0 Å². The Labute approximate surface area is 97.5 Å². The molecule has 0 aromatic heterocycles. The van der Waals surface area contributed by atoms with Crippen LogP contribution in [-0.4, -0.2) is 48.9 Å². The third kappa shape index (κ3) is 5.54. The summed E-state index contributed by atoms with van der Waals surface area (Å²) in [5.74, 6) is -1.71. The highest BCUT2D eigenvalue weighted by atomic mass is 19.4. The van der Waals surface area contributed by atoms with Crippen LogP contribution in [-0.2, 0) is 14.3 Å². The van der Waals surface area contributed by atoms with Gasteiger partial charge in [0.05, 0.1) is 6.61 Å². The highest BCUT2D eigenvalue weighted by Gasteiger charge is 2.58. The summed E-state index contributed by atoms with van der Waals surface area (Å²) in [5, 5.41) is 8.46. The molecule has 0 aliphatic rings. The Morgan fingerprint density at radius 1 is 1.11 bits per heavy atom. The average Bonchev–Trinajstić information content (AvgIpc) is 2.11. The number of alkyl halides is 6. The molecule has 0 amide bonds. The third-order valence-corrected chi connectivity index (χ3v) is 1.65. The molecule has 0 radical (unpaired) electrons. The smallest absolute Gasteiger partial charge is 0.423 e.